The lowest BCUT2D eigenvalue weighted by Gasteiger charge is -2.17. The number of Topliss-reactive ketones (excluding diaryl/α,β-unsaturated/α-hetero) is 1. The third-order valence-electron chi connectivity index (χ3n) is 4.58. The summed E-state index contributed by atoms with van der Waals surface area (Å²) in [4.78, 5) is 50.6. The second kappa shape index (κ2) is 11.6. The van der Waals surface area contributed by atoms with Gasteiger partial charge in [0.25, 0.3) is 0 Å². The summed E-state index contributed by atoms with van der Waals surface area (Å²) in [5.74, 6) is -2.19. The van der Waals surface area contributed by atoms with Gasteiger partial charge in [-0.15, -0.1) is 11.3 Å². The van der Waals surface area contributed by atoms with Gasteiger partial charge in [-0.25, -0.2) is 4.79 Å². The number of amides is 2. The van der Waals surface area contributed by atoms with Gasteiger partial charge in [-0.2, -0.15) is 13.2 Å². The summed E-state index contributed by atoms with van der Waals surface area (Å²) in [6, 6.07) is 2.97. The number of benzene rings is 1. The molecule has 0 bridgehead atoms. The number of ketones is 1. The number of likely N-dealkylation sites (N-methyl/N-ethyl adjacent to an activating group) is 1. The van der Waals surface area contributed by atoms with E-state index in [1.54, 1.807) is 13.8 Å². The molecule has 35 heavy (non-hydrogen) atoms. The average Bonchev–Trinajstić information content (AvgIpc) is 3.04. The topological polar surface area (TPSA) is 105 Å². The van der Waals surface area contributed by atoms with Crippen molar-refractivity contribution in [2.24, 2.45) is 0 Å². The number of alkyl halides is 3. The zero-order valence-electron chi connectivity index (χ0n) is 19.3. The van der Waals surface area contributed by atoms with Crippen LogP contribution in [-0.2, 0) is 20.5 Å². The van der Waals surface area contributed by atoms with Gasteiger partial charge in [0.15, 0.2) is 5.78 Å². The monoisotopic (exact) mass is 533 g/mol. The normalized spacial score (nSPS) is 11.3. The molecule has 0 atom stereocenters. The Hall–Kier alpha value is -2.96. The molecule has 2 aromatic rings. The molecule has 0 aliphatic rings. The van der Waals surface area contributed by atoms with Gasteiger partial charge >= 0.3 is 12.1 Å². The first-order chi connectivity index (χ1) is 16.2. The molecule has 1 aromatic heterocycles. The van der Waals surface area contributed by atoms with Gasteiger partial charge in [0.05, 0.1) is 40.7 Å². The van der Waals surface area contributed by atoms with E-state index in [0.29, 0.717) is 10.4 Å². The van der Waals surface area contributed by atoms with E-state index in [2.05, 4.69) is 10.6 Å². The van der Waals surface area contributed by atoms with Crippen LogP contribution in [0.3, 0.4) is 0 Å². The van der Waals surface area contributed by atoms with E-state index in [0.717, 1.165) is 23.5 Å². The summed E-state index contributed by atoms with van der Waals surface area (Å²) in [5, 5.41) is 4.54. The highest BCUT2D eigenvalue weighted by atomic mass is 35.5. The van der Waals surface area contributed by atoms with E-state index in [1.165, 1.54) is 24.9 Å². The van der Waals surface area contributed by atoms with E-state index >= 15 is 0 Å². The highest BCUT2D eigenvalue weighted by molar-refractivity contribution is 7.18. The molecule has 0 aliphatic heterocycles. The van der Waals surface area contributed by atoms with Crippen molar-refractivity contribution in [1.82, 2.24) is 4.90 Å². The summed E-state index contributed by atoms with van der Waals surface area (Å²) >= 11 is 6.51. The number of hydrogen-bond donors (Lipinski definition) is 2. The summed E-state index contributed by atoms with van der Waals surface area (Å²) in [7, 11) is 1.45. The highest BCUT2D eigenvalue weighted by Gasteiger charge is 2.33. The lowest BCUT2D eigenvalue weighted by Crippen LogP contribution is -2.36. The van der Waals surface area contributed by atoms with E-state index < -0.39 is 34.5 Å². The van der Waals surface area contributed by atoms with Gasteiger partial charge in [0.2, 0.25) is 11.8 Å². The highest BCUT2D eigenvalue weighted by Crippen LogP contribution is 2.36. The Morgan fingerprint density at radius 2 is 1.71 bits per heavy atom. The minimum absolute atomic E-state index is 0.0824. The zero-order chi connectivity index (χ0) is 26.5. The molecule has 0 spiro atoms. The number of nitrogens with one attached hydrogen (secondary N) is 2. The molecule has 0 unspecified atom stereocenters. The number of carbonyl (C=O) groups is 4. The second-order valence-electron chi connectivity index (χ2n) is 7.50. The third kappa shape index (κ3) is 7.51. The van der Waals surface area contributed by atoms with E-state index in [1.807, 2.05) is 0 Å². The molecule has 8 nitrogen and oxygen atoms in total. The van der Waals surface area contributed by atoms with Crippen LogP contribution < -0.4 is 10.6 Å². The Morgan fingerprint density at radius 3 is 2.26 bits per heavy atom. The van der Waals surface area contributed by atoms with E-state index in [-0.39, 0.29) is 41.7 Å². The molecular weight excluding hydrogens is 511 g/mol. The Bertz CT molecular complexity index is 1150. The van der Waals surface area contributed by atoms with Crippen LogP contribution >= 0.6 is 22.9 Å². The Morgan fingerprint density at radius 1 is 1.11 bits per heavy atom. The van der Waals surface area contributed by atoms with Gasteiger partial charge in [-0.05, 0) is 51.6 Å². The maximum absolute atomic E-state index is 13.0. The number of ether oxygens (including phenoxy) is 1. The number of hydrogen-bond acceptors (Lipinski definition) is 7. The van der Waals surface area contributed by atoms with E-state index in [9.17, 15) is 32.3 Å². The number of esters is 1. The smallest absolute Gasteiger partial charge is 0.417 e. The third-order valence-corrected chi connectivity index (χ3v) is 6.22. The fourth-order valence-electron chi connectivity index (χ4n) is 3.12. The van der Waals surface area contributed by atoms with Crippen molar-refractivity contribution in [3.8, 4) is 0 Å². The molecule has 0 saturated heterocycles. The van der Waals surface area contributed by atoms with Crippen LogP contribution in [0.25, 0.3) is 0 Å². The van der Waals surface area contributed by atoms with Crippen LogP contribution in [0.2, 0.25) is 5.02 Å². The van der Waals surface area contributed by atoms with Gasteiger partial charge < -0.3 is 15.4 Å². The van der Waals surface area contributed by atoms with Crippen molar-refractivity contribution < 1.29 is 37.1 Å². The van der Waals surface area contributed by atoms with Crippen molar-refractivity contribution in [3.63, 3.8) is 0 Å². The lowest BCUT2D eigenvalue weighted by molar-refractivity contribution is -0.137. The van der Waals surface area contributed by atoms with E-state index in [4.69, 9.17) is 16.3 Å². The second-order valence-corrected chi connectivity index (χ2v) is 8.93. The lowest BCUT2D eigenvalue weighted by atomic mass is 10.1. The molecule has 2 amide bonds. The summed E-state index contributed by atoms with van der Waals surface area (Å²) in [6.45, 7) is 4.04. The maximum Gasteiger partial charge on any atom is 0.417 e. The summed E-state index contributed by atoms with van der Waals surface area (Å²) in [6.07, 6.45) is -4.68. The Kier molecular flexibility index (Phi) is 9.41. The molecule has 2 N–H and O–H groups in total. The number of nitrogens with zero attached hydrogens (tertiary/aromatic N) is 1. The fourth-order valence-corrected chi connectivity index (χ4v) is 4.45. The first-order valence-corrected chi connectivity index (χ1v) is 11.4. The molecule has 0 radical (unpaired) electrons. The van der Waals surface area contributed by atoms with Crippen LogP contribution in [-0.4, -0.2) is 55.2 Å². The largest absolute Gasteiger partial charge is 0.462 e. The van der Waals surface area contributed by atoms with Crippen LogP contribution in [0, 0.1) is 6.92 Å². The van der Waals surface area contributed by atoms with Gasteiger partial charge in [0, 0.05) is 5.69 Å². The first kappa shape index (κ1) is 28.3. The Balaban J connectivity index is 2.05. The molecule has 13 heteroatoms. The maximum atomic E-state index is 13.0. The Labute approximate surface area is 208 Å². The summed E-state index contributed by atoms with van der Waals surface area (Å²) < 4.78 is 44.0. The van der Waals surface area contributed by atoms with Gasteiger partial charge in [0.1, 0.15) is 5.00 Å². The van der Waals surface area contributed by atoms with Crippen LogP contribution in [0.1, 0.15) is 45.0 Å². The SMILES string of the molecule is CCOC(=O)c1c(NC(=O)CN(C)CC(=O)Nc2ccc(Cl)c(C(F)(F)F)c2)sc(C(C)=O)c1C. The van der Waals surface area contributed by atoms with Gasteiger partial charge in [-0.1, -0.05) is 11.6 Å². The number of carbonyl (C=O) groups excluding carboxylic acids is 4. The van der Waals surface area contributed by atoms with Crippen molar-refractivity contribution in [2.45, 2.75) is 26.9 Å². The average molecular weight is 534 g/mol. The molecule has 2 rings (SSSR count). The molecule has 1 heterocycles. The number of rotatable bonds is 9. The minimum atomic E-state index is -4.68. The van der Waals surface area contributed by atoms with Crippen LogP contribution in [0.15, 0.2) is 18.2 Å². The van der Waals surface area contributed by atoms with Crippen molar-refractivity contribution in [1.29, 1.82) is 0 Å². The molecule has 190 valence electrons. The predicted octanol–water partition coefficient (Wildman–Crippen LogP) is 4.62. The molecule has 0 saturated carbocycles. The molecule has 1 aromatic carbocycles. The summed E-state index contributed by atoms with van der Waals surface area (Å²) in [5.41, 5.74) is -0.711. The quantitative estimate of drug-likeness (QED) is 0.360. The van der Waals surface area contributed by atoms with Crippen LogP contribution in [0.4, 0.5) is 23.9 Å². The molecule has 0 fully saturated rings. The number of anilines is 2. The fraction of sp³-hybridized carbons (Fsp3) is 0.364. The number of thiophene rings is 1. The van der Waals surface area contributed by atoms with Crippen molar-refractivity contribution in [3.05, 3.63) is 44.8 Å². The van der Waals surface area contributed by atoms with Gasteiger partial charge in [-0.3, -0.25) is 19.3 Å². The zero-order valence-corrected chi connectivity index (χ0v) is 20.8. The molecular formula is C22H23ClF3N3O5S. The molecule has 0 aliphatic carbocycles. The minimum Gasteiger partial charge on any atom is -0.462 e. The predicted molar refractivity (Wildman–Crippen MR) is 126 cm³/mol. The van der Waals surface area contributed by atoms with Crippen molar-refractivity contribution in [2.75, 3.05) is 37.4 Å². The van der Waals surface area contributed by atoms with Crippen molar-refractivity contribution >= 4 is 57.2 Å². The van der Waals surface area contributed by atoms with Crippen LogP contribution in [0.5, 0.6) is 0 Å². The first-order valence-electron chi connectivity index (χ1n) is 10.2. The number of halogens is 4. The standard InChI is InChI=1S/C22H23ClF3N3O5S/c1-5-34-21(33)18-11(2)19(12(3)30)35-20(18)28-17(32)10-29(4)9-16(31)27-13-6-7-15(23)14(8-13)22(24,25)26/h6-8H,5,9-10H2,1-4H3,(H,27,31)(H,28,32).